The molecule has 1 aromatic heterocycles. The zero-order chi connectivity index (χ0) is 24.9. The summed E-state index contributed by atoms with van der Waals surface area (Å²) < 4.78 is 11.3. The Labute approximate surface area is 208 Å². The molecule has 3 aromatic rings. The van der Waals surface area contributed by atoms with Gasteiger partial charge in [-0.2, -0.15) is 0 Å². The summed E-state index contributed by atoms with van der Waals surface area (Å²) in [6.07, 6.45) is 4.10. The second kappa shape index (κ2) is 10.6. The maximum absolute atomic E-state index is 13.2. The number of rotatable bonds is 8. The molecule has 1 aliphatic heterocycles. The number of ether oxygens (including phenoxy) is 2. The molecule has 0 unspecified atom stereocenters. The van der Waals surface area contributed by atoms with E-state index in [2.05, 4.69) is 4.98 Å². The van der Waals surface area contributed by atoms with Gasteiger partial charge in [-0.3, -0.25) is 14.6 Å². The maximum atomic E-state index is 13.2. The van der Waals surface area contributed by atoms with Crippen LogP contribution in [0.1, 0.15) is 36.1 Å². The standard InChI is InChI=1S/C27H25ClN2O5/c1-3-13-35-21-11-8-19(14-22(21)34-2)24-23(25(31)18-6-9-20(28)10-7-18)26(32)27(33)30(24)16-17-5-4-12-29-15-17/h4-12,14-15,24,31H,3,13,16H2,1-2H3/b25-23+/t24-/m1/s1. The first-order valence-corrected chi connectivity index (χ1v) is 11.6. The normalized spacial score (nSPS) is 17.0. The van der Waals surface area contributed by atoms with Crippen LogP contribution in [0.5, 0.6) is 11.5 Å². The minimum Gasteiger partial charge on any atom is -0.507 e. The van der Waals surface area contributed by atoms with Crippen LogP contribution in [0.2, 0.25) is 5.02 Å². The third kappa shape index (κ3) is 5.00. The Kier molecular flexibility index (Phi) is 7.36. The van der Waals surface area contributed by atoms with Gasteiger partial charge in [0.2, 0.25) is 0 Å². The van der Waals surface area contributed by atoms with Crippen molar-refractivity contribution in [3.8, 4) is 11.5 Å². The highest BCUT2D eigenvalue weighted by Gasteiger charge is 2.46. The molecule has 2 aromatic carbocycles. The van der Waals surface area contributed by atoms with Gasteiger partial charge < -0.3 is 19.5 Å². The summed E-state index contributed by atoms with van der Waals surface area (Å²) in [5.74, 6) is -0.727. The Morgan fingerprint density at radius 2 is 1.89 bits per heavy atom. The highest BCUT2D eigenvalue weighted by Crippen LogP contribution is 2.42. The van der Waals surface area contributed by atoms with E-state index < -0.39 is 17.7 Å². The number of likely N-dealkylation sites (tertiary alicyclic amines) is 1. The lowest BCUT2D eigenvalue weighted by Crippen LogP contribution is -2.29. The number of aliphatic hydroxyl groups excluding tert-OH is 1. The third-order valence-corrected chi connectivity index (χ3v) is 5.95. The first-order chi connectivity index (χ1) is 16.9. The van der Waals surface area contributed by atoms with Crippen LogP contribution >= 0.6 is 11.6 Å². The summed E-state index contributed by atoms with van der Waals surface area (Å²) in [6, 6.07) is 14.4. The Hall–Kier alpha value is -3.84. The molecule has 1 N–H and O–H groups in total. The molecule has 1 atom stereocenters. The molecule has 4 rings (SSSR count). The minimum atomic E-state index is -0.847. The number of aliphatic hydroxyl groups is 1. The van der Waals surface area contributed by atoms with Crippen molar-refractivity contribution < 1.29 is 24.2 Å². The highest BCUT2D eigenvalue weighted by atomic mass is 35.5. The second-order valence-corrected chi connectivity index (χ2v) is 8.49. The van der Waals surface area contributed by atoms with E-state index in [0.29, 0.717) is 34.3 Å². The van der Waals surface area contributed by atoms with Crippen LogP contribution in [-0.4, -0.2) is 40.4 Å². The van der Waals surface area contributed by atoms with Crippen molar-refractivity contribution in [2.45, 2.75) is 25.9 Å². The number of aromatic nitrogens is 1. The van der Waals surface area contributed by atoms with Crippen molar-refractivity contribution >= 4 is 29.1 Å². The fraction of sp³-hybridized carbons (Fsp3) is 0.222. The van der Waals surface area contributed by atoms with Gasteiger partial charge in [0.25, 0.3) is 11.7 Å². The third-order valence-electron chi connectivity index (χ3n) is 5.70. The summed E-state index contributed by atoms with van der Waals surface area (Å²) in [5.41, 5.74) is 1.73. The highest BCUT2D eigenvalue weighted by molar-refractivity contribution is 6.46. The van der Waals surface area contributed by atoms with Gasteiger partial charge in [0.1, 0.15) is 5.76 Å². The van der Waals surface area contributed by atoms with Gasteiger partial charge in [0.05, 0.1) is 25.3 Å². The number of methoxy groups -OCH3 is 1. The van der Waals surface area contributed by atoms with Crippen LogP contribution in [0.3, 0.4) is 0 Å². The van der Waals surface area contributed by atoms with Crippen LogP contribution in [0.25, 0.3) is 5.76 Å². The predicted molar refractivity (Wildman–Crippen MR) is 132 cm³/mol. The molecule has 0 saturated carbocycles. The maximum Gasteiger partial charge on any atom is 0.295 e. The quantitative estimate of drug-likeness (QED) is 0.265. The van der Waals surface area contributed by atoms with Crippen molar-refractivity contribution in [3.05, 3.63) is 94.3 Å². The summed E-state index contributed by atoms with van der Waals surface area (Å²) in [6.45, 7) is 2.66. The number of halogens is 1. The molecular formula is C27H25ClN2O5. The Morgan fingerprint density at radius 3 is 2.54 bits per heavy atom. The van der Waals surface area contributed by atoms with Gasteiger partial charge in [0.15, 0.2) is 11.5 Å². The fourth-order valence-electron chi connectivity index (χ4n) is 4.03. The predicted octanol–water partition coefficient (Wildman–Crippen LogP) is 5.15. The SMILES string of the molecule is CCCOc1ccc([C@@H]2/C(=C(\O)c3ccc(Cl)cc3)C(=O)C(=O)N2Cc2cccnc2)cc1OC. The largest absolute Gasteiger partial charge is 0.507 e. The molecule has 8 heteroatoms. The van der Waals surface area contributed by atoms with Gasteiger partial charge in [-0.1, -0.05) is 30.7 Å². The zero-order valence-corrected chi connectivity index (χ0v) is 20.2. The number of amides is 1. The molecule has 1 fully saturated rings. The molecule has 0 bridgehead atoms. The summed E-state index contributed by atoms with van der Waals surface area (Å²) in [7, 11) is 1.53. The van der Waals surface area contributed by atoms with E-state index >= 15 is 0 Å². The second-order valence-electron chi connectivity index (χ2n) is 8.05. The van der Waals surface area contributed by atoms with Crippen LogP contribution in [0.4, 0.5) is 0 Å². The van der Waals surface area contributed by atoms with E-state index in [9.17, 15) is 14.7 Å². The van der Waals surface area contributed by atoms with Gasteiger partial charge in [-0.25, -0.2) is 0 Å². The van der Waals surface area contributed by atoms with Crippen LogP contribution in [0, 0.1) is 0 Å². The molecule has 35 heavy (non-hydrogen) atoms. The number of hydrogen-bond donors (Lipinski definition) is 1. The number of Topliss-reactive ketones (excluding diaryl/α,β-unsaturated/α-hetero) is 1. The van der Waals surface area contributed by atoms with E-state index in [1.54, 1.807) is 60.9 Å². The number of carbonyl (C=O) groups excluding carboxylic acids is 2. The summed E-state index contributed by atoms with van der Waals surface area (Å²) >= 11 is 5.99. The fourth-order valence-corrected chi connectivity index (χ4v) is 4.15. The lowest BCUT2D eigenvalue weighted by molar-refractivity contribution is -0.140. The summed E-state index contributed by atoms with van der Waals surface area (Å²) in [5, 5.41) is 11.7. The lowest BCUT2D eigenvalue weighted by atomic mass is 9.95. The monoisotopic (exact) mass is 492 g/mol. The van der Waals surface area contributed by atoms with Crippen LogP contribution in [0.15, 0.2) is 72.6 Å². The lowest BCUT2D eigenvalue weighted by Gasteiger charge is -2.26. The number of nitrogens with zero attached hydrogens (tertiary/aromatic N) is 2. The molecule has 1 aliphatic rings. The van der Waals surface area contributed by atoms with Crippen molar-refractivity contribution in [3.63, 3.8) is 0 Å². The Balaban J connectivity index is 1.85. The van der Waals surface area contributed by atoms with Crippen molar-refractivity contribution in [1.82, 2.24) is 9.88 Å². The molecule has 7 nitrogen and oxygen atoms in total. The molecule has 0 spiro atoms. The molecule has 180 valence electrons. The first-order valence-electron chi connectivity index (χ1n) is 11.2. The molecular weight excluding hydrogens is 468 g/mol. The zero-order valence-electron chi connectivity index (χ0n) is 19.4. The van der Waals surface area contributed by atoms with E-state index in [-0.39, 0.29) is 17.9 Å². The van der Waals surface area contributed by atoms with Crippen molar-refractivity contribution in [2.24, 2.45) is 0 Å². The summed E-state index contributed by atoms with van der Waals surface area (Å²) in [4.78, 5) is 32.0. The van der Waals surface area contributed by atoms with Gasteiger partial charge in [-0.15, -0.1) is 0 Å². The number of pyridine rings is 1. The molecule has 0 aliphatic carbocycles. The van der Waals surface area contributed by atoms with Crippen LogP contribution < -0.4 is 9.47 Å². The van der Waals surface area contributed by atoms with Crippen molar-refractivity contribution in [2.75, 3.05) is 13.7 Å². The molecule has 0 radical (unpaired) electrons. The van der Waals surface area contributed by atoms with Gasteiger partial charge >= 0.3 is 0 Å². The van der Waals surface area contributed by atoms with E-state index in [1.165, 1.54) is 12.0 Å². The Morgan fingerprint density at radius 1 is 1.11 bits per heavy atom. The van der Waals surface area contributed by atoms with E-state index in [4.69, 9.17) is 21.1 Å². The first kappa shape index (κ1) is 24.3. The molecule has 1 amide bonds. The molecule has 2 heterocycles. The average molecular weight is 493 g/mol. The van der Waals surface area contributed by atoms with Gasteiger partial charge in [-0.05, 0) is 60.0 Å². The number of benzene rings is 2. The number of ketones is 1. The average Bonchev–Trinajstić information content (AvgIpc) is 3.13. The van der Waals surface area contributed by atoms with E-state index in [1.807, 2.05) is 13.0 Å². The Bertz CT molecular complexity index is 1260. The van der Waals surface area contributed by atoms with Crippen LogP contribution in [-0.2, 0) is 16.1 Å². The topological polar surface area (TPSA) is 89.0 Å². The minimum absolute atomic E-state index is 0.00880. The number of hydrogen-bond acceptors (Lipinski definition) is 6. The van der Waals surface area contributed by atoms with Gasteiger partial charge in [0, 0.05) is 29.5 Å². The van der Waals surface area contributed by atoms with E-state index in [0.717, 1.165) is 12.0 Å². The number of carbonyl (C=O) groups is 2. The molecule has 1 saturated heterocycles. The smallest absolute Gasteiger partial charge is 0.295 e. The van der Waals surface area contributed by atoms with Crippen molar-refractivity contribution in [1.29, 1.82) is 0 Å².